The molecule has 2 heterocycles. The van der Waals surface area contributed by atoms with Crippen LogP contribution >= 0.6 is 0 Å². The van der Waals surface area contributed by atoms with Crippen LogP contribution in [0.25, 0.3) is 10.9 Å². The highest BCUT2D eigenvalue weighted by atomic mass is 32.2. The van der Waals surface area contributed by atoms with Crippen LogP contribution in [-0.4, -0.2) is 60.4 Å². The summed E-state index contributed by atoms with van der Waals surface area (Å²) in [4.78, 5) is 30.9. The second-order valence-electron chi connectivity index (χ2n) is 7.08. The van der Waals surface area contributed by atoms with E-state index in [1.165, 1.54) is 0 Å². The van der Waals surface area contributed by atoms with Gasteiger partial charge in [0.15, 0.2) is 16.4 Å². The quantitative estimate of drug-likeness (QED) is 0.685. The third-order valence-corrected chi connectivity index (χ3v) is 6.84. The molecule has 1 fully saturated rings. The lowest BCUT2D eigenvalue weighted by atomic mass is 10.1. The van der Waals surface area contributed by atoms with E-state index in [1.807, 2.05) is 32.0 Å². The Morgan fingerprint density at radius 1 is 1.25 bits per heavy atom. The fraction of sp³-hybridized carbons (Fsp3) is 0.450. The Bertz CT molecular complexity index is 989. The zero-order chi connectivity index (χ0) is 20.3. The van der Waals surface area contributed by atoms with Crippen molar-refractivity contribution in [3.63, 3.8) is 0 Å². The molecule has 1 aromatic carbocycles. The number of amides is 1. The number of hydrogen-bond acceptors (Lipinski definition) is 6. The molecular formula is C20H24N2O5S. The number of hydrogen-bond donors (Lipinski definition) is 0. The number of nitrogens with zero attached hydrogens (tertiary/aromatic N) is 2. The molecule has 0 aliphatic carbocycles. The van der Waals surface area contributed by atoms with Gasteiger partial charge in [0, 0.05) is 17.5 Å². The monoisotopic (exact) mass is 404 g/mol. The van der Waals surface area contributed by atoms with Gasteiger partial charge in [-0.3, -0.25) is 4.79 Å². The van der Waals surface area contributed by atoms with Crippen molar-refractivity contribution in [3.05, 3.63) is 42.1 Å². The van der Waals surface area contributed by atoms with Crippen LogP contribution in [0, 0.1) is 0 Å². The third-order valence-electron chi connectivity index (χ3n) is 5.09. The van der Waals surface area contributed by atoms with E-state index in [9.17, 15) is 18.0 Å². The highest BCUT2D eigenvalue weighted by Crippen LogP contribution is 2.21. The molecule has 2 aromatic rings. The minimum absolute atomic E-state index is 0.0384. The maximum Gasteiger partial charge on any atom is 0.357 e. The number of ether oxygens (including phenoxy) is 1. The second kappa shape index (κ2) is 8.26. The first-order valence-corrected chi connectivity index (χ1v) is 11.2. The number of para-hydroxylation sites is 1. The fourth-order valence-electron chi connectivity index (χ4n) is 3.46. The predicted molar refractivity (Wildman–Crippen MR) is 106 cm³/mol. The summed E-state index contributed by atoms with van der Waals surface area (Å²) >= 11 is 0. The van der Waals surface area contributed by atoms with Gasteiger partial charge in [-0.05, 0) is 31.9 Å². The van der Waals surface area contributed by atoms with Gasteiger partial charge in [-0.1, -0.05) is 31.2 Å². The van der Waals surface area contributed by atoms with Gasteiger partial charge in [-0.25, -0.2) is 18.2 Å². The zero-order valence-electron chi connectivity index (χ0n) is 16.0. The van der Waals surface area contributed by atoms with Crippen LogP contribution < -0.4 is 0 Å². The van der Waals surface area contributed by atoms with Crippen molar-refractivity contribution in [1.82, 2.24) is 9.88 Å². The molecule has 1 amide bonds. The molecule has 2 atom stereocenters. The number of fused-ring (bicyclic) bond motifs is 1. The summed E-state index contributed by atoms with van der Waals surface area (Å²) in [5, 5.41) is 0.903. The predicted octanol–water partition coefficient (Wildman–Crippen LogP) is 2.21. The SMILES string of the molecule is CCC(C)N(C(=O)COC(=O)c1ccc2ccccc2n1)C1CCS(=O)(=O)C1. The molecule has 150 valence electrons. The van der Waals surface area contributed by atoms with E-state index in [0.29, 0.717) is 18.4 Å². The number of carbonyl (C=O) groups is 2. The van der Waals surface area contributed by atoms with E-state index < -0.39 is 22.4 Å². The summed E-state index contributed by atoms with van der Waals surface area (Å²) in [5.74, 6) is -1.02. The minimum atomic E-state index is -3.12. The maximum absolute atomic E-state index is 12.7. The zero-order valence-corrected chi connectivity index (χ0v) is 16.8. The number of rotatable bonds is 6. The molecule has 2 unspecified atom stereocenters. The first-order valence-electron chi connectivity index (χ1n) is 9.35. The van der Waals surface area contributed by atoms with Crippen LogP contribution in [0.1, 0.15) is 37.2 Å². The van der Waals surface area contributed by atoms with Crippen LogP contribution in [0.15, 0.2) is 36.4 Å². The molecule has 1 saturated heterocycles. The topological polar surface area (TPSA) is 93.6 Å². The Morgan fingerprint density at radius 2 is 2.00 bits per heavy atom. The van der Waals surface area contributed by atoms with Crippen LogP contribution in [0.3, 0.4) is 0 Å². The van der Waals surface area contributed by atoms with Crippen LogP contribution in [-0.2, 0) is 19.4 Å². The fourth-order valence-corrected chi connectivity index (χ4v) is 5.17. The first kappa shape index (κ1) is 20.3. The second-order valence-corrected chi connectivity index (χ2v) is 9.31. The lowest BCUT2D eigenvalue weighted by Gasteiger charge is -2.33. The summed E-state index contributed by atoms with van der Waals surface area (Å²) in [6.45, 7) is 3.36. The van der Waals surface area contributed by atoms with Gasteiger partial charge < -0.3 is 9.64 Å². The first-order chi connectivity index (χ1) is 13.3. The van der Waals surface area contributed by atoms with E-state index in [4.69, 9.17) is 4.74 Å². The normalized spacial score (nSPS) is 19.3. The van der Waals surface area contributed by atoms with E-state index in [1.54, 1.807) is 23.1 Å². The summed E-state index contributed by atoms with van der Waals surface area (Å²) < 4.78 is 28.8. The van der Waals surface area contributed by atoms with Gasteiger partial charge >= 0.3 is 5.97 Å². The average Bonchev–Trinajstić information content (AvgIpc) is 3.04. The molecule has 1 aromatic heterocycles. The molecule has 0 bridgehead atoms. The minimum Gasteiger partial charge on any atom is -0.451 e. The number of sulfone groups is 1. The molecule has 0 spiro atoms. The van der Waals surface area contributed by atoms with Crippen LogP contribution in [0.4, 0.5) is 0 Å². The Morgan fingerprint density at radius 3 is 2.68 bits per heavy atom. The maximum atomic E-state index is 12.7. The van der Waals surface area contributed by atoms with E-state index in [2.05, 4.69) is 4.98 Å². The van der Waals surface area contributed by atoms with Crippen molar-refractivity contribution in [2.45, 2.75) is 38.8 Å². The Kier molecular flexibility index (Phi) is 5.98. The van der Waals surface area contributed by atoms with Crippen molar-refractivity contribution in [2.24, 2.45) is 0 Å². The molecule has 0 radical (unpaired) electrons. The van der Waals surface area contributed by atoms with Crippen molar-refractivity contribution < 1.29 is 22.7 Å². The van der Waals surface area contributed by atoms with Gasteiger partial charge in [0.05, 0.1) is 17.0 Å². The average molecular weight is 404 g/mol. The van der Waals surface area contributed by atoms with Gasteiger partial charge in [-0.15, -0.1) is 0 Å². The van der Waals surface area contributed by atoms with Crippen molar-refractivity contribution in [1.29, 1.82) is 0 Å². The summed E-state index contributed by atoms with van der Waals surface area (Å²) in [6.07, 6.45) is 1.10. The van der Waals surface area contributed by atoms with Gasteiger partial charge in [0.1, 0.15) is 5.69 Å². The third kappa shape index (κ3) is 4.49. The lowest BCUT2D eigenvalue weighted by molar-refractivity contribution is -0.138. The largest absolute Gasteiger partial charge is 0.451 e. The Labute approximate surface area is 164 Å². The number of benzene rings is 1. The molecule has 28 heavy (non-hydrogen) atoms. The van der Waals surface area contributed by atoms with E-state index >= 15 is 0 Å². The molecule has 8 heteroatoms. The molecule has 1 aliphatic rings. The molecule has 0 N–H and O–H groups in total. The van der Waals surface area contributed by atoms with Crippen molar-refractivity contribution >= 4 is 32.6 Å². The highest BCUT2D eigenvalue weighted by molar-refractivity contribution is 7.91. The standard InChI is InChI=1S/C20H24N2O5S/c1-3-14(2)22(16-10-11-28(25,26)13-16)19(23)12-27-20(24)18-9-8-15-6-4-5-7-17(15)21-18/h4-9,14,16H,3,10-13H2,1-2H3. The smallest absolute Gasteiger partial charge is 0.357 e. The molecule has 7 nitrogen and oxygen atoms in total. The molecular weight excluding hydrogens is 380 g/mol. The molecule has 3 rings (SSSR count). The highest BCUT2D eigenvalue weighted by Gasteiger charge is 2.36. The van der Waals surface area contributed by atoms with Crippen molar-refractivity contribution in [3.8, 4) is 0 Å². The van der Waals surface area contributed by atoms with E-state index in [-0.39, 0.29) is 35.2 Å². The molecule has 1 aliphatic heterocycles. The van der Waals surface area contributed by atoms with Crippen molar-refractivity contribution in [2.75, 3.05) is 18.1 Å². The summed E-state index contributed by atoms with van der Waals surface area (Å²) in [5.41, 5.74) is 0.797. The number of esters is 1. The van der Waals surface area contributed by atoms with Crippen LogP contribution in [0.2, 0.25) is 0 Å². The van der Waals surface area contributed by atoms with Gasteiger partial charge in [0.2, 0.25) is 0 Å². The number of carbonyl (C=O) groups excluding carboxylic acids is 2. The molecule has 0 saturated carbocycles. The van der Waals surface area contributed by atoms with Crippen LogP contribution in [0.5, 0.6) is 0 Å². The Balaban J connectivity index is 1.68. The number of pyridine rings is 1. The Hall–Kier alpha value is -2.48. The summed E-state index contributed by atoms with van der Waals surface area (Å²) in [6, 6.07) is 10.2. The summed E-state index contributed by atoms with van der Waals surface area (Å²) in [7, 11) is -3.12. The lowest BCUT2D eigenvalue weighted by Crippen LogP contribution is -2.48. The van der Waals surface area contributed by atoms with E-state index in [0.717, 1.165) is 5.39 Å². The van der Waals surface area contributed by atoms with Gasteiger partial charge in [0.25, 0.3) is 5.91 Å². The number of aromatic nitrogens is 1. The van der Waals surface area contributed by atoms with Gasteiger partial charge in [-0.2, -0.15) is 0 Å².